The number of benzene rings is 1. The van der Waals surface area contributed by atoms with E-state index in [4.69, 9.17) is 0 Å². The lowest BCUT2D eigenvalue weighted by atomic mass is 9.85. The van der Waals surface area contributed by atoms with Crippen molar-refractivity contribution in [1.29, 1.82) is 0 Å². The molecule has 28 heavy (non-hydrogen) atoms. The van der Waals surface area contributed by atoms with E-state index in [0.29, 0.717) is 11.9 Å². The Labute approximate surface area is 164 Å². The molecule has 0 bridgehead atoms. The van der Waals surface area contributed by atoms with Crippen molar-refractivity contribution < 1.29 is 4.79 Å². The van der Waals surface area contributed by atoms with Crippen LogP contribution >= 0.6 is 0 Å². The van der Waals surface area contributed by atoms with Gasteiger partial charge in [0.1, 0.15) is 11.5 Å². The number of fused-ring (bicyclic) bond motifs is 1. The molecule has 1 N–H and O–H groups in total. The number of rotatable bonds is 4. The van der Waals surface area contributed by atoms with Gasteiger partial charge in [-0.2, -0.15) is 0 Å². The number of aryl methyl sites for hydroxylation is 1. The van der Waals surface area contributed by atoms with Crippen LogP contribution < -0.4 is 5.32 Å². The largest absolute Gasteiger partial charge is 0.310 e. The summed E-state index contributed by atoms with van der Waals surface area (Å²) in [6.07, 6.45) is 7.68. The summed E-state index contributed by atoms with van der Waals surface area (Å²) in [6.45, 7) is 0. The number of hydrogen-bond donors (Lipinski definition) is 1. The fourth-order valence-electron chi connectivity index (χ4n) is 3.93. The third-order valence-corrected chi connectivity index (χ3v) is 5.67. The molecule has 7 heteroatoms. The normalized spacial score (nSPS) is 19.9. The van der Waals surface area contributed by atoms with Crippen molar-refractivity contribution in [2.75, 3.05) is 19.4 Å². The summed E-state index contributed by atoms with van der Waals surface area (Å²) in [5.74, 6) is 0.747. The van der Waals surface area contributed by atoms with Gasteiger partial charge in [0.25, 0.3) is 0 Å². The van der Waals surface area contributed by atoms with Gasteiger partial charge in [0.05, 0.1) is 6.20 Å². The van der Waals surface area contributed by atoms with Gasteiger partial charge in [0.15, 0.2) is 0 Å². The maximum atomic E-state index is 12.7. The third kappa shape index (κ3) is 3.89. The summed E-state index contributed by atoms with van der Waals surface area (Å²) in [5.41, 5.74) is 1.82. The third-order valence-electron chi connectivity index (χ3n) is 5.67. The van der Waals surface area contributed by atoms with E-state index in [1.54, 1.807) is 10.9 Å². The molecule has 2 heterocycles. The van der Waals surface area contributed by atoms with E-state index >= 15 is 0 Å². The van der Waals surface area contributed by atoms with Crippen LogP contribution in [0.4, 0.5) is 5.82 Å². The number of pyridine rings is 1. The highest BCUT2D eigenvalue weighted by Gasteiger charge is 2.27. The Morgan fingerprint density at radius 1 is 1.14 bits per heavy atom. The number of nitrogens with one attached hydrogen (secondary N) is 1. The second kappa shape index (κ2) is 7.67. The van der Waals surface area contributed by atoms with Crippen LogP contribution in [0.1, 0.15) is 25.7 Å². The molecule has 1 saturated carbocycles. The van der Waals surface area contributed by atoms with Gasteiger partial charge in [-0.15, -0.1) is 5.10 Å². The van der Waals surface area contributed by atoms with Crippen LogP contribution in [0.2, 0.25) is 0 Å². The molecule has 1 amide bonds. The van der Waals surface area contributed by atoms with Crippen molar-refractivity contribution in [3.8, 4) is 11.3 Å². The van der Waals surface area contributed by atoms with E-state index in [-0.39, 0.29) is 11.8 Å². The minimum absolute atomic E-state index is 0.0691. The van der Waals surface area contributed by atoms with E-state index in [9.17, 15) is 4.79 Å². The maximum absolute atomic E-state index is 12.7. The Balaban J connectivity index is 1.49. The number of carbonyl (C=O) groups is 1. The zero-order valence-corrected chi connectivity index (χ0v) is 16.6. The van der Waals surface area contributed by atoms with Gasteiger partial charge in [-0.3, -0.25) is 9.48 Å². The fourth-order valence-corrected chi connectivity index (χ4v) is 3.93. The first-order valence-electron chi connectivity index (χ1n) is 9.73. The topological polar surface area (TPSA) is 75.9 Å². The van der Waals surface area contributed by atoms with Crippen LogP contribution in [0.3, 0.4) is 0 Å². The van der Waals surface area contributed by atoms with Crippen molar-refractivity contribution in [2.24, 2.45) is 13.0 Å². The molecule has 7 nitrogen and oxygen atoms in total. The quantitative estimate of drug-likeness (QED) is 0.755. The van der Waals surface area contributed by atoms with Gasteiger partial charge in [0, 0.05) is 36.2 Å². The zero-order chi connectivity index (χ0) is 19.7. The Morgan fingerprint density at radius 2 is 1.93 bits per heavy atom. The van der Waals surface area contributed by atoms with Crippen LogP contribution in [-0.2, 0) is 11.8 Å². The average molecular weight is 378 g/mol. The first-order valence-corrected chi connectivity index (χ1v) is 9.73. The van der Waals surface area contributed by atoms with Crippen LogP contribution in [0.25, 0.3) is 22.0 Å². The lowest BCUT2D eigenvalue weighted by molar-refractivity contribution is -0.121. The minimum atomic E-state index is 0.0691. The van der Waals surface area contributed by atoms with Crippen molar-refractivity contribution in [3.05, 3.63) is 36.7 Å². The van der Waals surface area contributed by atoms with E-state index in [0.717, 1.165) is 47.7 Å². The minimum Gasteiger partial charge on any atom is -0.310 e. The fraction of sp³-hybridized carbons (Fsp3) is 0.429. The van der Waals surface area contributed by atoms with E-state index in [2.05, 4.69) is 45.7 Å². The van der Waals surface area contributed by atoms with Gasteiger partial charge < -0.3 is 10.2 Å². The number of aromatic nitrogens is 4. The predicted octanol–water partition coefficient (Wildman–Crippen LogP) is 3.09. The summed E-state index contributed by atoms with van der Waals surface area (Å²) in [5, 5.41) is 13.2. The van der Waals surface area contributed by atoms with E-state index < -0.39 is 0 Å². The van der Waals surface area contributed by atoms with Crippen molar-refractivity contribution in [3.63, 3.8) is 0 Å². The molecule has 2 aromatic heterocycles. The highest BCUT2D eigenvalue weighted by molar-refractivity contribution is 5.95. The molecule has 1 aliphatic rings. The Bertz CT molecular complexity index is 987. The Hall–Kier alpha value is -2.80. The number of amides is 1. The first-order chi connectivity index (χ1) is 13.5. The molecule has 3 aromatic rings. The first kappa shape index (κ1) is 18.6. The molecular formula is C21H26N6O. The molecule has 0 spiro atoms. The van der Waals surface area contributed by atoms with E-state index in [1.807, 2.05) is 31.4 Å². The summed E-state index contributed by atoms with van der Waals surface area (Å²) >= 11 is 0. The average Bonchev–Trinajstić information content (AvgIpc) is 3.14. The van der Waals surface area contributed by atoms with Crippen LogP contribution in [0.5, 0.6) is 0 Å². The van der Waals surface area contributed by atoms with Crippen molar-refractivity contribution in [2.45, 2.75) is 31.7 Å². The summed E-state index contributed by atoms with van der Waals surface area (Å²) in [7, 11) is 6.07. The Kier molecular flexibility index (Phi) is 5.09. The van der Waals surface area contributed by atoms with Gasteiger partial charge >= 0.3 is 0 Å². The highest BCUT2D eigenvalue weighted by atomic mass is 16.1. The predicted molar refractivity (Wildman–Crippen MR) is 110 cm³/mol. The van der Waals surface area contributed by atoms with Gasteiger partial charge in [-0.05, 0) is 57.3 Å². The second-order valence-corrected chi connectivity index (χ2v) is 7.87. The van der Waals surface area contributed by atoms with Gasteiger partial charge in [0.2, 0.25) is 5.91 Å². The molecule has 0 radical (unpaired) electrons. The van der Waals surface area contributed by atoms with Gasteiger partial charge in [-0.25, -0.2) is 4.98 Å². The number of anilines is 1. The monoisotopic (exact) mass is 378 g/mol. The molecule has 0 aliphatic heterocycles. The molecule has 0 unspecified atom stereocenters. The molecule has 146 valence electrons. The van der Waals surface area contributed by atoms with Crippen molar-refractivity contribution >= 4 is 22.5 Å². The molecular weight excluding hydrogens is 352 g/mol. The molecule has 0 saturated heterocycles. The maximum Gasteiger partial charge on any atom is 0.228 e. The molecule has 4 rings (SSSR count). The highest BCUT2D eigenvalue weighted by Crippen LogP contribution is 2.28. The van der Waals surface area contributed by atoms with Crippen LogP contribution in [0, 0.1) is 5.92 Å². The molecule has 1 aromatic carbocycles. The summed E-state index contributed by atoms with van der Waals surface area (Å²) < 4.78 is 1.68. The second-order valence-electron chi connectivity index (χ2n) is 7.87. The van der Waals surface area contributed by atoms with Crippen molar-refractivity contribution in [1.82, 2.24) is 24.9 Å². The molecule has 1 aliphatic carbocycles. The number of hydrogen-bond acceptors (Lipinski definition) is 5. The van der Waals surface area contributed by atoms with Gasteiger partial charge in [-0.1, -0.05) is 17.3 Å². The van der Waals surface area contributed by atoms with Crippen LogP contribution in [0.15, 0.2) is 36.7 Å². The molecule has 0 atom stereocenters. The zero-order valence-electron chi connectivity index (χ0n) is 16.6. The summed E-state index contributed by atoms with van der Waals surface area (Å²) in [6, 6.07) is 8.59. The lowest BCUT2D eigenvalue weighted by Crippen LogP contribution is -2.35. The summed E-state index contributed by atoms with van der Waals surface area (Å²) in [4.78, 5) is 19.4. The molecule has 1 fully saturated rings. The number of nitrogens with zero attached hydrogens (tertiary/aromatic N) is 5. The number of carbonyl (C=O) groups excluding carboxylic acids is 1. The lowest BCUT2D eigenvalue weighted by Gasteiger charge is -2.31. The standard InChI is InChI=1S/C21H26N6O/c1-26(2)18-8-6-14(7-9-18)21(28)23-20-11-17-10-15(4-5-16(17)12-22-20)19-13-27(3)25-24-19/h4-5,10-14,18H,6-9H2,1-3H3,(H,22,23,28). The SMILES string of the molecule is CN(C)C1CCC(C(=O)Nc2cc3cc(-c4cn(C)nn4)ccc3cn2)CC1. The van der Waals surface area contributed by atoms with Crippen LogP contribution in [-0.4, -0.2) is 50.9 Å². The Morgan fingerprint density at radius 3 is 2.61 bits per heavy atom. The van der Waals surface area contributed by atoms with E-state index in [1.165, 1.54) is 0 Å². The smallest absolute Gasteiger partial charge is 0.228 e.